The van der Waals surface area contributed by atoms with Gasteiger partial charge in [0.2, 0.25) is 0 Å². The Morgan fingerprint density at radius 2 is 2.00 bits per heavy atom. The van der Waals surface area contributed by atoms with Crippen LogP contribution in [0.2, 0.25) is 0 Å². The Labute approximate surface area is 113 Å². The number of carboxylic acid groups (broad SMARTS) is 1. The third kappa shape index (κ3) is 3.55. The van der Waals surface area contributed by atoms with Gasteiger partial charge in [0.05, 0.1) is 5.92 Å². The molecule has 0 saturated heterocycles. The zero-order valence-electron chi connectivity index (χ0n) is 11.2. The summed E-state index contributed by atoms with van der Waals surface area (Å²) in [6.07, 6.45) is 2.21. The van der Waals surface area contributed by atoms with Crippen molar-refractivity contribution in [2.24, 2.45) is 5.41 Å². The van der Waals surface area contributed by atoms with Crippen molar-refractivity contribution in [3.8, 4) is 0 Å². The van der Waals surface area contributed by atoms with Gasteiger partial charge in [0, 0.05) is 25.1 Å². The summed E-state index contributed by atoms with van der Waals surface area (Å²) in [5.74, 6) is -1.27. The number of aliphatic hydroxyl groups excluding tert-OH is 1. The summed E-state index contributed by atoms with van der Waals surface area (Å²) in [5, 5.41) is 21.5. The lowest BCUT2D eigenvalue weighted by atomic mass is 10.00. The molecular weight excluding hydrogens is 242 g/mol. The highest BCUT2D eigenvalue weighted by atomic mass is 16.4. The van der Waals surface area contributed by atoms with Crippen LogP contribution in [0.4, 0.5) is 0 Å². The maximum atomic E-state index is 10.9. The standard InChI is InChI=1S/C15H21NO3/c1-11(14(18)19)13-4-2-12(3-5-13)8-16-9-15(10-17)6-7-15/h2-5,11,16-17H,6-10H2,1H3,(H,18,19). The molecule has 0 amide bonds. The molecule has 4 nitrogen and oxygen atoms in total. The van der Waals surface area contributed by atoms with E-state index in [0.717, 1.165) is 37.1 Å². The van der Waals surface area contributed by atoms with Crippen molar-refractivity contribution >= 4 is 5.97 Å². The molecule has 0 spiro atoms. The molecule has 0 aromatic heterocycles. The van der Waals surface area contributed by atoms with E-state index in [-0.39, 0.29) is 12.0 Å². The van der Waals surface area contributed by atoms with Crippen LogP contribution in [0.15, 0.2) is 24.3 Å². The first kappa shape index (κ1) is 14.0. The monoisotopic (exact) mass is 263 g/mol. The van der Waals surface area contributed by atoms with Gasteiger partial charge in [-0.25, -0.2) is 0 Å². The summed E-state index contributed by atoms with van der Waals surface area (Å²) >= 11 is 0. The minimum atomic E-state index is -0.801. The van der Waals surface area contributed by atoms with Crippen LogP contribution >= 0.6 is 0 Å². The maximum absolute atomic E-state index is 10.9. The van der Waals surface area contributed by atoms with Gasteiger partial charge in [-0.2, -0.15) is 0 Å². The van der Waals surface area contributed by atoms with Gasteiger partial charge in [0.15, 0.2) is 0 Å². The van der Waals surface area contributed by atoms with Gasteiger partial charge in [0.25, 0.3) is 0 Å². The number of carboxylic acids is 1. The molecule has 0 radical (unpaired) electrons. The molecular formula is C15H21NO3. The highest BCUT2D eigenvalue weighted by Crippen LogP contribution is 2.44. The molecule has 1 aliphatic carbocycles. The second-order valence-corrected chi connectivity index (χ2v) is 5.56. The van der Waals surface area contributed by atoms with Gasteiger partial charge in [-0.15, -0.1) is 0 Å². The fourth-order valence-electron chi connectivity index (χ4n) is 2.11. The second kappa shape index (κ2) is 5.72. The number of aliphatic carboxylic acids is 1. The summed E-state index contributed by atoms with van der Waals surface area (Å²) in [4.78, 5) is 10.9. The minimum absolute atomic E-state index is 0.123. The molecule has 1 aliphatic rings. The molecule has 1 aromatic rings. The van der Waals surface area contributed by atoms with Crippen molar-refractivity contribution in [3.05, 3.63) is 35.4 Å². The van der Waals surface area contributed by atoms with Crippen molar-refractivity contribution in [2.45, 2.75) is 32.2 Å². The van der Waals surface area contributed by atoms with Crippen LogP contribution < -0.4 is 5.32 Å². The number of carbonyl (C=O) groups is 1. The van der Waals surface area contributed by atoms with Crippen LogP contribution in [-0.4, -0.2) is 29.3 Å². The average molecular weight is 263 g/mol. The van der Waals surface area contributed by atoms with E-state index >= 15 is 0 Å². The summed E-state index contributed by atoms with van der Waals surface area (Å²) in [7, 11) is 0. The van der Waals surface area contributed by atoms with Crippen molar-refractivity contribution in [2.75, 3.05) is 13.2 Å². The first-order valence-corrected chi connectivity index (χ1v) is 6.69. The Morgan fingerprint density at radius 1 is 1.37 bits per heavy atom. The van der Waals surface area contributed by atoms with E-state index in [2.05, 4.69) is 5.32 Å². The highest BCUT2D eigenvalue weighted by molar-refractivity contribution is 5.75. The van der Waals surface area contributed by atoms with E-state index in [1.54, 1.807) is 6.92 Å². The average Bonchev–Trinajstić information content (AvgIpc) is 3.19. The summed E-state index contributed by atoms with van der Waals surface area (Å²) < 4.78 is 0. The van der Waals surface area contributed by atoms with Gasteiger partial charge >= 0.3 is 5.97 Å². The number of nitrogens with one attached hydrogen (secondary N) is 1. The van der Waals surface area contributed by atoms with E-state index in [0.29, 0.717) is 0 Å². The van der Waals surface area contributed by atoms with Gasteiger partial charge < -0.3 is 15.5 Å². The largest absolute Gasteiger partial charge is 0.481 e. The Kier molecular flexibility index (Phi) is 4.22. The molecule has 0 heterocycles. The fraction of sp³-hybridized carbons (Fsp3) is 0.533. The van der Waals surface area contributed by atoms with Gasteiger partial charge in [0.1, 0.15) is 0 Å². The number of hydrogen-bond donors (Lipinski definition) is 3. The SMILES string of the molecule is CC(C(=O)O)c1ccc(CNCC2(CO)CC2)cc1. The maximum Gasteiger partial charge on any atom is 0.310 e. The predicted molar refractivity (Wildman–Crippen MR) is 73.0 cm³/mol. The summed E-state index contributed by atoms with van der Waals surface area (Å²) in [6, 6.07) is 7.66. The van der Waals surface area contributed by atoms with Crippen molar-refractivity contribution in [3.63, 3.8) is 0 Å². The Bertz CT molecular complexity index is 437. The van der Waals surface area contributed by atoms with Crippen LogP contribution in [0.5, 0.6) is 0 Å². The molecule has 1 unspecified atom stereocenters. The molecule has 104 valence electrons. The topological polar surface area (TPSA) is 69.6 Å². The Balaban J connectivity index is 1.83. The number of aliphatic hydroxyl groups is 1. The number of benzene rings is 1. The van der Waals surface area contributed by atoms with Crippen molar-refractivity contribution in [1.29, 1.82) is 0 Å². The Morgan fingerprint density at radius 3 is 2.47 bits per heavy atom. The number of rotatable bonds is 7. The molecule has 19 heavy (non-hydrogen) atoms. The van der Waals surface area contributed by atoms with E-state index in [1.165, 1.54) is 0 Å². The molecule has 1 saturated carbocycles. The zero-order valence-corrected chi connectivity index (χ0v) is 11.2. The van der Waals surface area contributed by atoms with Crippen molar-refractivity contribution < 1.29 is 15.0 Å². The summed E-state index contributed by atoms with van der Waals surface area (Å²) in [5.41, 5.74) is 2.08. The van der Waals surface area contributed by atoms with E-state index < -0.39 is 11.9 Å². The molecule has 2 rings (SSSR count). The zero-order chi connectivity index (χ0) is 13.9. The first-order chi connectivity index (χ1) is 9.06. The highest BCUT2D eigenvalue weighted by Gasteiger charge is 2.41. The lowest BCUT2D eigenvalue weighted by Crippen LogP contribution is -2.26. The smallest absolute Gasteiger partial charge is 0.310 e. The molecule has 1 fully saturated rings. The van der Waals surface area contributed by atoms with Crippen molar-refractivity contribution in [1.82, 2.24) is 5.32 Å². The molecule has 4 heteroatoms. The van der Waals surface area contributed by atoms with Crippen LogP contribution in [0, 0.1) is 5.41 Å². The lowest BCUT2D eigenvalue weighted by Gasteiger charge is -2.13. The molecule has 0 aliphatic heterocycles. The van der Waals surface area contributed by atoms with E-state index in [4.69, 9.17) is 5.11 Å². The molecule has 0 bridgehead atoms. The number of hydrogen-bond acceptors (Lipinski definition) is 3. The van der Waals surface area contributed by atoms with Gasteiger partial charge in [-0.1, -0.05) is 24.3 Å². The normalized spacial score (nSPS) is 18.0. The summed E-state index contributed by atoms with van der Waals surface area (Å²) in [6.45, 7) is 3.54. The van der Waals surface area contributed by atoms with Gasteiger partial charge in [-0.3, -0.25) is 4.79 Å². The molecule has 1 aromatic carbocycles. The van der Waals surface area contributed by atoms with Gasteiger partial charge in [-0.05, 0) is 30.9 Å². The predicted octanol–water partition coefficient (Wildman–Crippen LogP) is 1.74. The Hall–Kier alpha value is -1.39. The third-order valence-corrected chi connectivity index (χ3v) is 3.97. The third-order valence-electron chi connectivity index (χ3n) is 3.97. The quantitative estimate of drug-likeness (QED) is 0.701. The lowest BCUT2D eigenvalue weighted by molar-refractivity contribution is -0.138. The van der Waals surface area contributed by atoms with E-state index in [9.17, 15) is 9.90 Å². The molecule has 3 N–H and O–H groups in total. The van der Waals surface area contributed by atoms with Crippen LogP contribution in [0.1, 0.15) is 36.8 Å². The minimum Gasteiger partial charge on any atom is -0.481 e. The van der Waals surface area contributed by atoms with Crippen LogP contribution in [0.3, 0.4) is 0 Å². The fourth-order valence-corrected chi connectivity index (χ4v) is 2.11. The van der Waals surface area contributed by atoms with Crippen LogP contribution in [-0.2, 0) is 11.3 Å². The van der Waals surface area contributed by atoms with Crippen LogP contribution in [0.25, 0.3) is 0 Å². The molecule has 1 atom stereocenters. The first-order valence-electron chi connectivity index (χ1n) is 6.69. The van der Waals surface area contributed by atoms with E-state index in [1.807, 2.05) is 24.3 Å². The second-order valence-electron chi connectivity index (χ2n) is 5.56.